The Balaban J connectivity index is 2.12. The first kappa shape index (κ1) is 16.6. The molecule has 0 aliphatic carbocycles. The number of nitrogens with zero attached hydrogens (tertiary/aromatic N) is 1. The molecule has 1 aliphatic rings. The van der Waals surface area contributed by atoms with Gasteiger partial charge in [0.05, 0.1) is 12.1 Å². The average Bonchev–Trinajstić information content (AvgIpc) is 2.71. The van der Waals surface area contributed by atoms with E-state index in [9.17, 15) is 9.59 Å². The third-order valence-electron chi connectivity index (χ3n) is 4.03. The Labute approximate surface area is 135 Å². The standard InChI is InChI=1S/C16H21ClN2O3/c1-22-13-6-2-5-12(17)15(13)16(21)19-8-3-4-11(7-9-19)10-14(18)20/h2,5-6,11H,3-4,7-10H2,1H3,(H2,18,20). The van der Waals surface area contributed by atoms with Crippen molar-refractivity contribution in [2.45, 2.75) is 25.7 Å². The van der Waals surface area contributed by atoms with Crippen molar-refractivity contribution in [2.75, 3.05) is 20.2 Å². The lowest BCUT2D eigenvalue weighted by Crippen LogP contribution is -2.32. The van der Waals surface area contributed by atoms with Gasteiger partial charge in [-0.05, 0) is 37.3 Å². The van der Waals surface area contributed by atoms with Gasteiger partial charge in [0.1, 0.15) is 11.3 Å². The molecule has 5 nitrogen and oxygen atoms in total. The van der Waals surface area contributed by atoms with Crippen molar-refractivity contribution in [1.29, 1.82) is 0 Å². The van der Waals surface area contributed by atoms with Crippen LogP contribution in [0.5, 0.6) is 5.75 Å². The molecule has 0 radical (unpaired) electrons. The van der Waals surface area contributed by atoms with E-state index in [1.54, 1.807) is 23.1 Å². The van der Waals surface area contributed by atoms with Crippen LogP contribution in [-0.2, 0) is 4.79 Å². The first-order chi connectivity index (χ1) is 10.5. The Morgan fingerprint density at radius 2 is 2.14 bits per heavy atom. The number of methoxy groups -OCH3 is 1. The zero-order valence-corrected chi connectivity index (χ0v) is 13.4. The van der Waals surface area contributed by atoms with Gasteiger partial charge in [-0.15, -0.1) is 0 Å². The third-order valence-corrected chi connectivity index (χ3v) is 4.35. The Kier molecular flexibility index (Phi) is 5.66. The minimum atomic E-state index is -0.280. The van der Waals surface area contributed by atoms with Crippen LogP contribution in [0.4, 0.5) is 0 Å². The summed E-state index contributed by atoms with van der Waals surface area (Å²) >= 11 is 6.17. The van der Waals surface area contributed by atoms with Crippen molar-refractivity contribution in [1.82, 2.24) is 4.90 Å². The molecule has 1 aromatic rings. The van der Waals surface area contributed by atoms with Gasteiger partial charge in [0.15, 0.2) is 0 Å². The molecule has 2 rings (SSSR count). The molecule has 22 heavy (non-hydrogen) atoms. The van der Waals surface area contributed by atoms with Crippen molar-refractivity contribution >= 4 is 23.4 Å². The monoisotopic (exact) mass is 324 g/mol. The molecule has 1 aliphatic heterocycles. The van der Waals surface area contributed by atoms with Crippen LogP contribution in [-0.4, -0.2) is 36.9 Å². The fraction of sp³-hybridized carbons (Fsp3) is 0.500. The molecule has 120 valence electrons. The number of likely N-dealkylation sites (tertiary alicyclic amines) is 1. The summed E-state index contributed by atoms with van der Waals surface area (Å²) in [4.78, 5) is 25.6. The molecule has 0 spiro atoms. The maximum Gasteiger partial charge on any atom is 0.259 e. The van der Waals surface area contributed by atoms with Gasteiger partial charge in [0, 0.05) is 19.5 Å². The second kappa shape index (κ2) is 7.49. The molecule has 0 aromatic heterocycles. The van der Waals surface area contributed by atoms with E-state index < -0.39 is 0 Å². The van der Waals surface area contributed by atoms with E-state index in [1.165, 1.54) is 7.11 Å². The minimum Gasteiger partial charge on any atom is -0.496 e. The lowest BCUT2D eigenvalue weighted by Gasteiger charge is -2.22. The summed E-state index contributed by atoms with van der Waals surface area (Å²) in [7, 11) is 1.52. The van der Waals surface area contributed by atoms with Crippen molar-refractivity contribution in [3.8, 4) is 5.75 Å². The van der Waals surface area contributed by atoms with Gasteiger partial charge in [0.2, 0.25) is 5.91 Å². The number of benzene rings is 1. The topological polar surface area (TPSA) is 72.6 Å². The quantitative estimate of drug-likeness (QED) is 0.924. The van der Waals surface area contributed by atoms with Gasteiger partial charge in [-0.25, -0.2) is 0 Å². The molecular weight excluding hydrogens is 304 g/mol. The maximum absolute atomic E-state index is 12.8. The normalized spacial score (nSPS) is 18.6. The predicted octanol–water partition coefficient (Wildman–Crippen LogP) is 2.47. The molecular formula is C16H21ClN2O3. The predicted molar refractivity (Wildman–Crippen MR) is 85.1 cm³/mol. The van der Waals surface area contributed by atoms with Crippen LogP contribution in [0.25, 0.3) is 0 Å². The summed E-state index contributed by atoms with van der Waals surface area (Å²) in [6.07, 6.45) is 2.93. The van der Waals surface area contributed by atoms with Crippen molar-refractivity contribution < 1.29 is 14.3 Å². The van der Waals surface area contributed by atoms with Gasteiger partial charge in [-0.1, -0.05) is 17.7 Å². The molecule has 1 fully saturated rings. The summed E-state index contributed by atoms with van der Waals surface area (Å²) in [5.41, 5.74) is 5.67. The Bertz CT molecular complexity index is 562. The zero-order chi connectivity index (χ0) is 16.1. The van der Waals surface area contributed by atoms with Crippen LogP contribution in [0.2, 0.25) is 5.02 Å². The number of carbonyl (C=O) groups is 2. The molecule has 1 aromatic carbocycles. The van der Waals surface area contributed by atoms with Gasteiger partial charge in [-0.3, -0.25) is 9.59 Å². The van der Waals surface area contributed by atoms with Gasteiger partial charge < -0.3 is 15.4 Å². The highest BCUT2D eigenvalue weighted by Crippen LogP contribution is 2.29. The Hall–Kier alpha value is -1.75. The zero-order valence-electron chi connectivity index (χ0n) is 12.7. The van der Waals surface area contributed by atoms with E-state index in [0.717, 1.165) is 19.3 Å². The number of halogens is 1. The van der Waals surface area contributed by atoms with E-state index in [2.05, 4.69) is 0 Å². The van der Waals surface area contributed by atoms with Gasteiger partial charge in [0.25, 0.3) is 5.91 Å². The van der Waals surface area contributed by atoms with E-state index >= 15 is 0 Å². The van der Waals surface area contributed by atoms with Crippen molar-refractivity contribution in [3.05, 3.63) is 28.8 Å². The van der Waals surface area contributed by atoms with Crippen LogP contribution in [0.1, 0.15) is 36.0 Å². The molecule has 2 amide bonds. The highest BCUT2D eigenvalue weighted by Gasteiger charge is 2.25. The molecule has 1 unspecified atom stereocenters. The maximum atomic E-state index is 12.8. The lowest BCUT2D eigenvalue weighted by molar-refractivity contribution is -0.119. The number of ether oxygens (including phenoxy) is 1. The molecule has 2 N–H and O–H groups in total. The SMILES string of the molecule is COc1cccc(Cl)c1C(=O)N1CCCC(CC(N)=O)CC1. The first-order valence-corrected chi connectivity index (χ1v) is 7.80. The smallest absolute Gasteiger partial charge is 0.259 e. The second-order valence-corrected chi connectivity index (χ2v) is 5.98. The number of carbonyl (C=O) groups excluding carboxylic acids is 2. The van der Waals surface area contributed by atoms with Crippen LogP contribution >= 0.6 is 11.6 Å². The Morgan fingerprint density at radius 3 is 2.82 bits per heavy atom. The summed E-state index contributed by atoms with van der Waals surface area (Å²) in [6, 6.07) is 5.17. The van der Waals surface area contributed by atoms with E-state index in [1.807, 2.05) is 0 Å². The largest absolute Gasteiger partial charge is 0.496 e. The number of hydrogen-bond acceptors (Lipinski definition) is 3. The van der Waals surface area contributed by atoms with Crippen LogP contribution in [0.15, 0.2) is 18.2 Å². The fourth-order valence-corrected chi connectivity index (χ4v) is 3.14. The summed E-state index contributed by atoms with van der Waals surface area (Å²) in [5, 5.41) is 0.391. The third kappa shape index (κ3) is 3.91. The first-order valence-electron chi connectivity index (χ1n) is 7.43. The van der Waals surface area contributed by atoms with Crippen molar-refractivity contribution in [2.24, 2.45) is 11.7 Å². The van der Waals surface area contributed by atoms with Gasteiger partial charge in [-0.2, -0.15) is 0 Å². The van der Waals surface area contributed by atoms with Crippen LogP contribution in [0, 0.1) is 5.92 Å². The van der Waals surface area contributed by atoms with Crippen molar-refractivity contribution in [3.63, 3.8) is 0 Å². The molecule has 0 bridgehead atoms. The Morgan fingerprint density at radius 1 is 1.36 bits per heavy atom. The fourth-order valence-electron chi connectivity index (χ4n) is 2.90. The van der Waals surface area contributed by atoms with Crippen LogP contribution in [0.3, 0.4) is 0 Å². The summed E-state index contributed by atoms with van der Waals surface area (Å²) in [6.45, 7) is 1.26. The number of primary amides is 1. The number of hydrogen-bond donors (Lipinski definition) is 1. The lowest BCUT2D eigenvalue weighted by atomic mass is 9.97. The van der Waals surface area contributed by atoms with E-state index in [0.29, 0.717) is 35.8 Å². The number of nitrogens with two attached hydrogens (primary N) is 1. The van der Waals surface area contributed by atoms with E-state index in [4.69, 9.17) is 22.1 Å². The number of amides is 2. The number of rotatable bonds is 4. The summed E-state index contributed by atoms with van der Waals surface area (Å²) < 4.78 is 5.25. The van der Waals surface area contributed by atoms with Gasteiger partial charge >= 0.3 is 0 Å². The molecule has 1 heterocycles. The molecule has 0 saturated carbocycles. The highest BCUT2D eigenvalue weighted by atomic mass is 35.5. The average molecular weight is 325 g/mol. The van der Waals surface area contributed by atoms with E-state index in [-0.39, 0.29) is 17.7 Å². The molecule has 6 heteroatoms. The second-order valence-electron chi connectivity index (χ2n) is 5.58. The molecule has 1 saturated heterocycles. The minimum absolute atomic E-state index is 0.123. The van der Waals surface area contributed by atoms with Crippen LogP contribution < -0.4 is 10.5 Å². The molecule has 1 atom stereocenters. The highest BCUT2D eigenvalue weighted by molar-refractivity contribution is 6.34. The summed E-state index contributed by atoms with van der Waals surface area (Å²) in [5.74, 6) is 0.332.